The third kappa shape index (κ3) is 7.02. The second kappa shape index (κ2) is 9.93. The fraction of sp³-hybridized carbons (Fsp3) is 0.316. The van der Waals surface area contributed by atoms with E-state index in [9.17, 15) is 13.2 Å². The van der Waals surface area contributed by atoms with E-state index in [0.717, 1.165) is 26.3 Å². The zero-order valence-corrected chi connectivity index (χ0v) is 18.3. The van der Waals surface area contributed by atoms with Gasteiger partial charge in [0.1, 0.15) is 18.9 Å². The molecule has 2 aromatic carbocycles. The first kappa shape index (κ1) is 21.5. The molecule has 0 atom stereocenters. The molecule has 0 unspecified atom stereocenters. The quantitative estimate of drug-likeness (QED) is 0.423. The molecular formula is C19H23IN2O4S. The summed E-state index contributed by atoms with van der Waals surface area (Å²) in [6, 6.07) is 14.7. The molecule has 0 radical (unpaired) electrons. The average Bonchev–Trinajstić information content (AvgIpc) is 2.64. The molecule has 1 N–H and O–H groups in total. The van der Waals surface area contributed by atoms with Crippen LogP contribution in [0.2, 0.25) is 0 Å². The van der Waals surface area contributed by atoms with E-state index in [1.165, 1.54) is 5.56 Å². The molecular weight excluding hydrogens is 479 g/mol. The minimum atomic E-state index is -3.57. The number of anilines is 1. The average molecular weight is 502 g/mol. The van der Waals surface area contributed by atoms with Crippen LogP contribution in [0.15, 0.2) is 48.5 Å². The highest BCUT2D eigenvalue weighted by atomic mass is 127. The molecule has 0 saturated heterocycles. The molecule has 27 heavy (non-hydrogen) atoms. The fourth-order valence-electron chi connectivity index (χ4n) is 2.37. The number of nitrogens with zero attached hydrogens (tertiary/aromatic N) is 1. The lowest BCUT2D eigenvalue weighted by Crippen LogP contribution is -2.41. The van der Waals surface area contributed by atoms with Crippen LogP contribution in [0, 0.1) is 3.57 Å². The number of halogens is 1. The summed E-state index contributed by atoms with van der Waals surface area (Å²) in [7, 11) is -3.57. The van der Waals surface area contributed by atoms with Gasteiger partial charge in [-0.25, -0.2) is 8.42 Å². The smallest absolute Gasteiger partial charge is 0.240 e. The highest BCUT2D eigenvalue weighted by Crippen LogP contribution is 2.18. The van der Waals surface area contributed by atoms with Crippen LogP contribution in [0.1, 0.15) is 12.5 Å². The third-order valence-corrected chi connectivity index (χ3v) is 5.69. The monoisotopic (exact) mass is 502 g/mol. The van der Waals surface area contributed by atoms with E-state index in [2.05, 4.69) is 34.8 Å². The van der Waals surface area contributed by atoms with E-state index in [-0.39, 0.29) is 12.5 Å². The number of rotatable bonds is 9. The number of aryl methyl sites for hydroxylation is 1. The van der Waals surface area contributed by atoms with Gasteiger partial charge in [0.2, 0.25) is 15.9 Å². The van der Waals surface area contributed by atoms with Gasteiger partial charge < -0.3 is 10.1 Å². The SMILES string of the molecule is CCc1ccc(OCCNC(=O)CN(c2ccc(I)cc2)S(C)(=O)=O)cc1. The second-order valence-electron chi connectivity index (χ2n) is 5.94. The van der Waals surface area contributed by atoms with Crippen LogP contribution >= 0.6 is 22.6 Å². The molecule has 0 aliphatic heterocycles. The van der Waals surface area contributed by atoms with Crippen LogP contribution in [0.4, 0.5) is 5.69 Å². The first-order valence-electron chi connectivity index (χ1n) is 8.51. The summed E-state index contributed by atoms with van der Waals surface area (Å²) in [4.78, 5) is 12.2. The molecule has 1 amide bonds. The topological polar surface area (TPSA) is 75.7 Å². The molecule has 0 saturated carbocycles. The predicted molar refractivity (Wildman–Crippen MR) is 116 cm³/mol. The van der Waals surface area contributed by atoms with Crippen molar-refractivity contribution in [1.29, 1.82) is 0 Å². The van der Waals surface area contributed by atoms with Crippen LogP contribution in [0.25, 0.3) is 0 Å². The molecule has 0 bridgehead atoms. The van der Waals surface area contributed by atoms with E-state index in [1.807, 2.05) is 24.3 Å². The van der Waals surface area contributed by atoms with Gasteiger partial charge in [-0.05, 0) is 71.0 Å². The molecule has 6 nitrogen and oxygen atoms in total. The number of ether oxygens (including phenoxy) is 1. The van der Waals surface area contributed by atoms with Gasteiger partial charge in [-0.3, -0.25) is 9.10 Å². The number of amides is 1. The molecule has 146 valence electrons. The Morgan fingerprint density at radius 1 is 1.11 bits per heavy atom. The Bertz CT molecular complexity index is 852. The minimum Gasteiger partial charge on any atom is -0.492 e. The van der Waals surface area contributed by atoms with Crippen LogP contribution in [-0.2, 0) is 21.2 Å². The van der Waals surface area contributed by atoms with E-state index >= 15 is 0 Å². The predicted octanol–water partition coefficient (Wildman–Crippen LogP) is 2.81. The Hall–Kier alpha value is -1.81. The number of nitrogens with one attached hydrogen (secondary N) is 1. The van der Waals surface area contributed by atoms with Crippen LogP contribution in [0.3, 0.4) is 0 Å². The van der Waals surface area contributed by atoms with Crippen molar-refractivity contribution in [3.8, 4) is 5.75 Å². The van der Waals surface area contributed by atoms with Crippen molar-refractivity contribution in [2.75, 3.05) is 30.3 Å². The van der Waals surface area contributed by atoms with Crippen molar-refractivity contribution in [1.82, 2.24) is 5.32 Å². The van der Waals surface area contributed by atoms with Gasteiger partial charge in [-0.15, -0.1) is 0 Å². The summed E-state index contributed by atoms with van der Waals surface area (Å²) in [5.74, 6) is 0.349. The van der Waals surface area contributed by atoms with Crippen LogP contribution < -0.4 is 14.4 Å². The number of sulfonamides is 1. The van der Waals surface area contributed by atoms with Gasteiger partial charge in [0.15, 0.2) is 0 Å². The zero-order valence-electron chi connectivity index (χ0n) is 15.3. The van der Waals surface area contributed by atoms with E-state index in [4.69, 9.17) is 4.74 Å². The molecule has 0 aliphatic rings. The van der Waals surface area contributed by atoms with Crippen molar-refractivity contribution in [3.63, 3.8) is 0 Å². The summed E-state index contributed by atoms with van der Waals surface area (Å²) in [6.07, 6.45) is 2.05. The van der Waals surface area contributed by atoms with Crippen molar-refractivity contribution in [2.45, 2.75) is 13.3 Å². The molecule has 0 fully saturated rings. The Labute approximate surface area is 174 Å². The number of benzene rings is 2. The summed E-state index contributed by atoms with van der Waals surface area (Å²) in [5.41, 5.74) is 1.69. The number of carbonyl (C=O) groups is 1. The lowest BCUT2D eigenvalue weighted by atomic mass is 10.2. The molecule has 0 aliphatic carbocycles. The third-order valence-electron chi connectivity index (χ3n) is 3.83. The summed E-state index contributed by atoms with van der Waals surface area (Å²) in [5, 5.41) is 2.69. The second-order valence-corrected chi connectivity index (χ2v) is 9.09. The van der Waals surface area contributed by atoms with Gasteiger partial charge >= 0.3 is 0 Å². The minimum absolute atomic E-state index is 0.273. The Kier molecular flexibility index (Phi) is 7.91. The lowest BCUT2D eigenvalue weighted by Gasteiger charge is -2.22. The van der Waals surface area contributed by atoms with Gasteiger partial charge in [0, 0.05) is 3.57 Å². The number of hydrogen-bond donors (Lipinski definition) is 1. The Morgan fingerprint density at radius 3 is 2.30 bits per heavy atom. The molecule has 0 aromatic heterocycles. The first-order valence-corrected chi connectivity index (χ1v) is 11.4. The highest BCUT2D eigenvalue weighted by molar-refractivity contribution is 14.1. The molecule has 2 aromatic rings. The van der Waals surface area contributed by atoms with Crippen LogP contribution in [-0.4, -0.2) is 40.3 Å². The van der Waals surface area contributed by atoms with Crippen molar-refractivity contribution >= 4 is 44.2 Å². The fourth-order valence-corrected chi connectivity index (χ4v) is 3.59. The maximum atomic E-state index is 12.2. The van der Waals surface area contributed by atoms with Gasteiger partial charge in [0.05, 0.1) is 18.5 Å². The normalized spacial score (nSPS) is 11.1. The van der Waals surface area contributed by atoms with Gasteiger partial charge in [0.25, 0.3) is 0 Å². The summed E-state index contributed by atoms with van der Waals surface area (Å²) < 4.78 is 31.7. The Balaban J connectivity index is 1.85. The van der Waals surface area contributed by atoms with E-state index in [0.29, 0.717) is 18.8 Å². The maximum Gasteiger partial charge on any atom is 0.240 e. The van der Waals surface area contributed by atoms with Crippen molar-refractivity contribution in [2.24, 2.45) is 0 Å². The summed E-state index contributed by atoms with van der Waals surface area (Å²) >= 11 is 2.14. The standard InChI is InChI=1S/C19H23IN2O4S/c1-3-15-4-10-18(11-5-15)26-13-12-21-19(23)14-22(27(2,24)25)17-8-6-16(20)7-9-17/h4-11H,3,12-14H2,1-2H3,(H,21,23). The number of carbonyl (C=O) groups excluding carboxylic acids is 1. The zero-order chi connectivity index (χ0) is 19.9. The molecule has 2 rings (SSSR count). The van der Waals surface area contributed by atoms with Crippen molar-refractivity contribution < 1.29 is 17.9 Å². The first-order chi connectivity index (χ1) is 12.8. The highest BCUT2D eigenvalue weighted by Gasteiger charge is 2.20. The maximum absolute atomic E-state index is 12.2. The number of hydrogen-bond acceptors (Lipinski definition) is 4. The van der Waals surface area contributed by atoms with E-state index in [1.54, 1.807) is 24.3 Å². The Morgan fingerprint density at radius 2 is 1.74 bits per heavy atom. The van der Waals surface area contributed by atoms with Gasteiger partial charge in [-0.2, -0.15) is 0 Å². The molecule has 0 heterocycles. The molecule has 0 spiro atoms. The van der Waals surface area contributed by atoms with Crippen molar-refractivity contribution in [3.05, 3.63) is 57.7 Å². The molecule has 8 heteroatoms. The lowest BCUT2D eigenvalue weighted by molar-refractivity contribution is -0.119. The summed E-state index contributed by atoms with van der Waals surface area (Å²) in [6.45, 7) is 2.41. The van der Waals surface area contributed by atoms with Crippen LogP contribution in [0.5, 0.6) is 5.75 Å². The van der Waals surface area contributed by atoms with E-state index < -0.39 is 10.0 Å². The largest absolute Gasteiger partial charge is 0.492 e. The van der Waals surface area contributed by atoms with Gasteiger partial charge in [-0.1, -0.05) is 19.1 Å².